The van der Waals surface area contributed by atoms with Gasteiger partial charge in [0, 0.05) is 65.4 Å². The highest BCUT2D eigenvalue weighted by molar-refractivity contribution is 7.94. The quantitative estimate of drug-likeness (QED) is 0.440. The molecular weight excluding hydrogens is 486 g/mol. The summed E-state index contributed by atoms with van der Waals surface area (Å²) in [4.78, 5) is 27.7. The number of carbonyl (C=O) groups excluding carboxylic acids is 1. The number of aromatic nitrogens is 2. The molecule has 0 spiro atoms. The predicted molar refractivity (Wildman–Crippen MR) is 145 cm³/mol. The minimum Gasteiger partial charge on any atom is -0.371 e. The Hall–Kier alpha value is -3.98. The van der Waals surface area contributed by atoms with Crippen molar-refractivity contribution in [3.05, 3.63) is 82.4 Å². The second-order valence-electron chi connectivity index (χ2n) is 9.59. The zero-order valence-corrected chi connectivity index (χ0v) is 21.3. The Kier molecular flexibility index (Phi) is 5.60. The molecule has 2 aliphatic carbocycles. The summed E-state index contributed by atoms with van der Waals surface area (Å²) in [6, 6.07) is 15.4. The Balaban J connectivity index is 1.31. The van der Waals surface area contributed by atoms with E-state index in [4.69, 9.17) is 5.73 Å². The van der Waals surface area contributed by atoms with Crippen LogP contribution < -0.4 is 10.6 Å². The fraction of sp³-hybridized carbons (Fsp3) is 0.250. The van der Waals surface area contributed by atoms with Crippen LogP contribution in [0.15, 0.2) is 71.3 Å². The molecule has 1 fully saturated rings. The van der Waals surface area contributed by atoms with E-state index in [9.17, 15) is 13.2 Å². The van der Waals surface area contributed by atoms with Gasteiger partial charge in [-0.1, -0.05) is 42.5 Å². The van der Waals surface area contributed by atoms with Gasteiger partial charge < -0.3 is 15.5 Å². The van der Waals surface area contributed by atoms with Gasteiger partial charge in [-0.3, -0.25) is 4.79 Å². The highest BCUT2D eigenvalue weighted by Gasteiger charge is 2.36. The Morgan fingerprint density at radius 1 is 0.811 bits per heavy atom. The molecule has 8 nitrogen and oxygen atoms in total. The molecule has 188 valence electrons. The van der Waals surface area contributed by atoms with E-state index in [1.807, 2.05) is 54.6 Å². The van der Waals surface area contributed by atoms with Crippen molar-refractivity contribution < 1.29 is 13.2 Å². The number of nitrogen functional groups attached to an aromatic ring is 1. The Labute approximate surface area is 216 Å². The van der Waals surface area contributed by atoms with Crippen molar-refractivity contribution in [2.75, 3.05) is 43.1 Å². The summed E-state index contributed by atoms with van der Waals surface area (Å²) in [7, 11) is -3.14. The van der Waals surface area contributed by atoms with Crippen molar-refractivity contribution >= 4 is 27.3 Å². The molecule has 1 saturated heterocycles. The van der Waals surface area contributed by atoms with E-state index in [2.05, 4.69) is 19.8 Å². The second kappa shape index (κ2) is 8.85. The third-order valence-electron chi connectivity index (χ3n) is 7.32. The molecule has 0 amide bonds. The maximum Gasteiger partial charge on any atom is 0.221 e. The number of hydrogen-bond donors (Lipinski definition) is 1. The summed E-state index contributed by atoms with van der Waals surface area (Å²) >= 11 is 0. The lowest BCUT2D eigenvalue weighted by molar-refractivity contribution is 0.104. The molecule has 1 aliphatic heterocycles. The van der Waals surface area contributed by atoms with E-state index >= 15 is 0 Å². The molecule has 0 radical (unpaired) electrons. The lowest BCUT2D eigenvalue weighted by Gasteiger charge is -2.39. The molecule has 3 aromatic rings. The van der Waals surface area contributed by atoms with Crippen LogP contribution in [0.2, 0.25) is 0 Å². The highest BCUT2D eigenvalue weighted by atomic mass is 32.2. The number of rotatable bonds is 4. The molecule has 0 atom stereocenters. The maximum atomic E-state index is 13.6. The van der Waals surface area contributed by atoms with E-state index in [-0.39, 0.29) is 11.7 Å². The van der Waals surface area contributed by atoms with Crippen LogP contribution in [0.3, 0.4) is 0 Å². The molecular formula is C28H27N5O3S. The number of allylic oxidation sites excluding steroid dienone is 4. The normalized spacial score (nSPS) is 17.3. The molecule has 9 heteroatoms. The number of sulfone groups is 1. The van der Waals surface area contributed by atoms with E-state index in [1.54, 1.807) is 6.08 Å². The Morgan fingerprint density at radius 2 is 1.51 bits per heavy atom. The van der Waals surface area contributed by atoms with Crippen molar-refractivity contribution in [1.82, 2.24) is 14.9 Å². The molecule has 2 N–H and O–H groups in total. The lowest BCUT2D eigenvalue weighted by Crippen LogP contribution is -2.46. The number of hydrogen-bond acceptors (Lipinski definition) is 8. The average molecular weight is 514 g/mol. The van der Waals surface area contributed by atoms with Gasteiger partial charge in [-0.05, 0) is 31.1 Å². The monoisotopic (exact) mass is 513 g/mol. The van der Waals surface area contributed by atoms with Gasteiger partial charge in [0.25, 0.3) is 0 Å². The van der Waals surface area contributed by atoms with Gasteiger partial charge in [0.05, 0.1) is 17.0 Å². The van der Waals surface area contributed by atoms with E-state index in [0.717, 1.165) is 49.4 Å². The zero-order valence-electron chi connectivity index (χ0n) is 20.5. The number of anilines is 2. The number of piperazine rings is 1. The van der Waals surface area contributed by atoms with Crippen LogP contribution in [-0.2, 0) is 9.84 Å². The number of nitrogens with two attached hydrogens (primary N) is 1. The van der Waals surface area contributed by atoms with Gasteiger partial charge in [0.1, 0.15) is 0 Å². The number of benzene rings is 2. The lowest BCUT2D eigenvalue weighted by atomic mass is 10.0. The first-order valence-corrected chi connectivity index (χ1v) is 14.2. The fourth-order valence-corrected chi connectivity index (χ4v) is 6.26. The Morgan fingerprint density at radius 3 is 2.19 bits per heavy atom. The van der Waals surface area contributed by atoms with Gasteiger partial charge in [0.2, 0.25) is 5.95 Å². The van der Waals surface area contributed by atoms with Crippen LogP contribution in [-0.4, -0.2) is 61.5 Å². The maximum absolute atomic E-state index is 13.6. The summed E-state index contributed by atoms with van der Waals surface area (Å²) in [5.41, 5.74) is 12.2. The van der Waals surface area contributed by atoms with E-state index in [1.165, 1.54) is 12.0 Å². The van der Waals surface area contributed by atoms with Crippen LogP contribution in [0, 0.1) is 0 Å². The molecule has 1 aromatic heterocycles. The van der Waals surface area contributed by atoms with Crippen molar-refractivity contribution in [3.63, 3.8) is 0 Å². The summed E-state index contributed by atoms with van der Waals surface area (Å²) in [6.45, 7) is 3.15. The molecule has 2 heterocycles. The Bertz CT molecular complexity index is 1590. The molecule has 3 aliphatic rings. The van der Waals surface area contributed by atoms with Crippen LogP contribution >= 0.6 is 0 Å². The van der Waals surface area contributed by atoms with Crippen LogP contribution in [0.5, 0.6) is 0 Å². The zero-order chi connectivity index (χ0) is 25.7. The van der Waals surface area contributed by atoms with E-state index < -0.39 is 9.84 Å². The number of carbonyl (C=O) groups is 1. The molecule has 2 aromatic carbocycles. The summed E-state index contributed by atoms with van der Waals surface area (Å²) < 4.78 is 23.7. The number of ketones is 1. The minimum atomic E-state index is -3.14. The van der Waals surface area contributed by atoms with Crippen LogP contribution in [0.1, 0.15) is 28.8 Å². The first-order chi connectivity index (χ1) is 17.8. The summed E-state index contributed by atoms with van der Waals surface area (Å²) in [5, 5.41) is 0. The molecule has 0 unspecified atom stereocenters. The van der Waals surface area contributed by atoms with Crippen molar-refractivity contribution in [1.29, 1.82) is 0 Å². The van der Waals surface area contributed by atoms with E-state index in [0.29, 0.717) is 33.8 Å². The van der Waals surface area contributed by atoms with Gasteiger partial charge in [-0.2, -0.15) is 0 Å². The number of fused-ring (bicyclic) bond motifs is 3. The molecule has 6 rings (SSSR count). The number of nitrogens with zero attached hydrogens (tertiary/aromatic N) is 4. The smallest absolute Gasteiger partial charge is 0.221 e. The molecule has 0 saturated carbocycles. The first kappa shape index (κ1) is 23.4. The summed E-state index contributed by atoms with van der Waals surface area (Å²) in [5.74, 6) is 0.0637. The van der Waals surface area contributed by atoms with Crippen LogP contribution in [0.25, 0.3) is 22.5 Å². The molecule has 37 heavy (non-hydrogen) atoms. The average Bonchev–Trinajstić information content (AvgIpc) is 3.20. The van der Waals surface area contributed by atoms with Crippen molar-refractivity contribution in [2.24, 2.45) is 0 Å². The van der Waals surface area contributed by atoms with Crippen molar-refractivity contribution in [3.8, 4) is 22.5 Å². The third kappa shape index (κ3) is 4.09. The van der Waals surface area contributed by atoms with Gasteiger partial charge >= 0.3 is 0 Å². The third-order valence-corrected chi connectivity index (χ3v) is 8.61. The topological polar surface area (TPSA) is 109 Å². The standard InChI is InChI=1S/C28H27N5O3S/c1-37(35,36)20-12-10-19(11-13-20)32-14-16-33(17-15-32)22-9-5-8-21-23(22)26-24(27(21)34)25(30-28(29)31-26)18-6-3-2-4-7-18/h2-10,12H,11,13-17H2,1H3,(H2,29,30,31). The predicted octanol–water partition coefficient (Wildman–Crippen LogP) is 3.67. The first-order valence-electron chi connectivity index (χ1n) is 12.3. The largest absolute Gasteiger partial charge is 0.371 e. The van der Waals surface area contributed by atoms with Gasteiger partial charge in [0.15, 0.2) is 15.6 Å². The SMILES string of the molecule is CS(=O)(=O)C1=CC=C(N2CCN(c3cccc4c3-c3nc(N)nc(-c5ccccc5)c3C4=O)CC2)CC1. The highest BCUT2D eigenvalue weighted by Crippen LogP contribution is 2.45. The van der Waals surface area contributed by atoms with Crippen LogP contribution in [0.4, 0.5) is 11.6 Å². The van der Waals surface area contributed by atoms with Gasteiger partial charge in [-0.25, -0.2) is 18.4 Å². The second-order valence-corrected chi connectivity index (χ2v) is 11.7. The minimum absolute atomic E-state index is 0.0785. The van der Waals surface area contributed by atoms with Gasteiger partial charge in [-0.15, -0.1) is 0 Å². The fourth-order valence-electron chi connectivity index (χ4n) is 5.47. The summed E-state index contributed by atoms with van der Waals surface area (Å²) in [6.07, 6.45) is 6.21. The van der Waals surface area contributed by atoms with Crippen molar-refractivity contribution in [2.45, 2.75) is 12.8 Å². The molecule has 0 bridgehead atoms.